The van der Waals surface area contributed by atoms with E-state index in [1.807, 2.05) is 45.0 Å². The summed E-state index contributed by atoms with van der Waals surface area (Å²) in [6.45, 7) is 9.18. The summed E-state index contributed by atoms with van der Waals surface area (Å²) in [4.78, 5) is 4.56. The minimum Gasteiger partial charge on any atom is -0.496 e. The molecular formula is C21H32IN3O3. The summed E-state index contributed by atoms with van der Waals surface area (Å²) in [5.74, 6) is 3.07. The maximum atomic E-state index is 10.8. The fourth-order valence-electron chi connectivity index (χ4n) is 3.05. The molecule has 1 atom stereocenters. The number of hydrogen-bond acceptors (Lipinski definition) is 4. The summed E-state index contributed by atoms with van der Waals surface area (Å²) >= 11 is 0. The lowest BCUT2D eigenvalue weighted by Gasteiger charge is -2.21. The number of aliphatic imine (C=N–C) groups is 1. The fraction of sp³-hybridized carbons (Fsp3) is 0.476. The van der Waals surface area contributed by atoms with Gasteiger partial charge in [0, 0.05) is 18.7 Å². The first-order valence-electron chi connectivity index (χ1n) is 9.31. The molecule has 7 heteroatoms. The van der Waals surface area contributed by atoms with Crippen molar-refractivity contribution in [1.82, 2.24) is 10.6 Å². The van der Waals surface area contributed by atoms with Crippen LogP contribution in [0.2, 0.25) is 0 Å². The molecule has 1 unspecified atom stereocenters. The number of nitrogens with zero attached hydrogens (tertiary/aromatic N) is 1. The van der Waals surface area contributed by atoms with E-state index < -0.39 is 5.60 Å². The summed E-state index contributed by atoms with van der Waals surface area (Å²) in [5, 5.41) is 17.4. The van der Waals surface area contributed by atoms with Crippen LogP contribution in [0.4, 0.5) is 0 Å². The molecule has 0 fully saturated rings. The van der Waals surface area contributed by atoms with E-state index in [1.54, 1.807) is 14.0 Å². The number of hydrogen-bond donors (Lipinski definition) is 3. The van der Waals surface area contributed by atoms with Gasteiger partial charge in [-0.25, -0.2) is 4.99 Å². The third-order valence-corrected chi connectivity index (χ3v) is 4.39. The Kier molecular flexibility index (Phi) is 9.81. The van der Waals surface area contributed by atoms with Crippen LogP contribution in [0.5, 0.6) is 5.75 Å². The molecule has 2 rings (SSSR count). The van der Waals surface area contributed by atoms with Crippen molar-refractivity contribution < 1.29 is 14.3 Å². The van der Waals surface area contributed by atoms with Crippen molar-refractivity contribution in [3.8, 4) is 5.75 Å². The van der Waals surface area contributed by atoms with Crippen LogP contribution in [0.1, 0.15) is 36.5 Å². The van der Waals surface area contributed by atoms with E-state index in [-0.39, 0.29) is 30.5 Å². The van der Waals surface area contributed by atoms with Crippen molar-refractivity contribution in [2.45, 2.75) is 39.7 Å². The normalized spacial score (nSPS) is 13.4. The summed E-state index contributed by atoms with van der Waals surface area (Å²) in [6.07, 6.45) is 0.810. The van der Waals surface area contributed by atoms with Gasteiger partial charge in [-0.2, -0.15) is 0 Å². The molecule has 28 heavy (non-hydrogen) atoms. The Balaban J connectivity index is 0.00000392. The number of nitrogens with one attached hydrogen (secondary N) is 2. The van der Waals surface area contributed by atoms with Crippen LogP contribution in [0.3, 0.4) is 0 Å². The van der Waals surface area contributed by atoms with Gasteiger partial charge in [-0.3, -0.25) is 0 Å². The van der Waals surface area contributed by atoms with Crippen LogP contribution >= 0.6 is 24.0 Å². The SMILES string of the molecule is CCNC(=NCC(C)(O)c1cc(C)oc1C)NCCc1ccccc1OC.I. The number of halogens is 1. The Hall–Kier alpha value is -1.74. The zero-order chi connectivity index (χ0) is 19.9. The quantitative estimate of drug-likeness (QED) is 0.293. The zero-order valence-corrected chi connectivity index (χ0v) is 19.7. The number of aliphatic hydroxyl groups is 1. The monoisotopic (exact) mass is 501 g/mol. The van der Waals surface area contributed by atoms with Crippen molar-refractivity contribution in [3.63, 3.8) is 0 Å². The van der Waals surface area contributed by atoms with Crippen molar-refractivity contribution in [2.24, 2.45) is 4.99 Å². The largest absolute Gasteiger partial charge is 0.496 e. The van der Waals surface area contributed by atoms with Crippen LogP contribution < -0.4 is 15.4 Å². The Labute approximate surface area is 184 Å². The first kappa shape index (κ1) is 24.3. The topological polar surface area (TPSA) is 79.0 Å². The standard InChI is InChI=1S/C21H31N3O3.HI/c1-6-22-20(23-12-11-17-9-7-8-10-19(17)26-5)24-14-21(4,25)18-13-15(2)27-16(18)3;/h7-10,13,25H,6,11-12,14H2,1-5H3,(H2,22,23,24);1H. The maximum absolute atomic E-state index is 10.8. The predicted molar refractivity (Wildman–Crippen MR) is 124 cm³/mol. The van der Waals surface area contributed by atoms with Gasteiger partial charge in [0.15, 0.2) is 5.96 Å². The number of methoxy groups -OCH3 is 1. The molecular weight excluding hydrogens is 469 g/mol. The number of guanidine groups is 1. The van der Waals surface area contributed by atoms with Gasteiger partial charge < -0.3 is 24.9 Å². The van der Waals surface area contributed by atoms with E-state index in [1.165, 1.54) is 0 Å². The van der Waals surface area contributed by atoms with Gasteiger partial charge in [0.2, 0.25) is 0 Å². The molecule has 0 aliphatic heterocycles. The van der Waals surface area contributed by atoms with Crippen molar-refractivity contribution in [1.29, 1.82) is 0 Å². The minimum atomic E-state index is -1.09. The van der Waals surface area contributed by atoms with E-state index in [2.05, 4.69) is 21.7 Å². The summed E-state index contributed by atoms with van der Waals surface area (Å²) in [6, 6.07) is 9.85. The highest BCUT2D eigenvalue weighted by Crippen LogP contribution is 2.27. The number of ether oxygens (including phenoxy) is 1. The lowest BCUT2D eigenvalue weighted by atomic mass is 9.96. The first-order valence-corrected chi connectivity index (χ1v) is 9.31. The molecule has 2 aromatic rings. The van der Waals surface area contributed by atoms with Crippen molar-refractivity contribution >= 4 is 29.9 Å². The van der Waals surface area contributed by atoms with Crippen LogP contribution in [0.25, 0.3) is 0 Å². The number of furan rings is 1. The molecule has 0 amide bonds. The third kappa shape index (κ3) is 6.70. The Morgan fingerprint density at radius 3 is 2.57 bits per heavy atom. The molecule has 0 radical (unpaired) electrons. The smallest absolute Gasteiger partial charge is 0.191 e. The molecule has 1 aromatic carbocycles. The van der Waals surface area contributed by atoms with Crippen LogP contribution in [0.15, 0.2) is 39.7 Å². The number of aryl methyl sites for hydroxylation is 2. The molecule has 1 heterocycles. The van der Waals surface area contributed by atoms with E-state index >= 15 is 0 Å². The Bertz CT molecular complexity index is 772. The van der Waals surface area contributed by atoms with E-state index in [0.29, 0.717) is 12.5 Å². The van der Waals surface area contributed by atoms with Gasteiger partial charge >= 0.3 is 0 Å². The molecule has 0 aliphatic carbocycles. The van der Waals surface area contributed by atoms with Gasteiger partial charge in [-0.1, -0.05) is 18.2 Å². The van der Waals surface area contributed by atoms with Gasteiger partial charge in [0.25, 0.3) is 0 Å². The van der Waals surface area contributed by atoms with Crippen LogP contribution in [-0.4, -0.2) is 37.8 Å². The molecule has 0 aliphatic rings. The molecule has 0 saturated carbocycles. The second-order valence-electron chi connectivity index (χ2n) is 6.78. The highest BCUT2D eigenvalue weighted by molar-refractivity contribution is 14.0. The first-order chi connectivity index (χ1) is 12.9. The predicted octanol–water partition coefficient (Wildman–Crippen LogP) is 3.53. The molecule has 0 saturated heterocycles. The fourth-order valence-corrected chi connectivity index (χ4v) is 3.05. The molecule has 156 valence electrons. The number of benzene rings is 1. The highest BCUT2D eigenvalue weighted by Gasteiger charge is 2.27. The third-order valence-electron chi connectivity index (χ3n) is 4.39. The average molecular weight is 501 g/mol. The van der Waals surface area contributed by atoms with Crippen molar-refractivity contribution in [3.05, 3.63) is 53.0 Å². The Morgan fingerprint density at radius 1 is 1.25 bits per heavy atom. The van der Waals surface area contributed by atoms with Gasteiger partial charge in [0.1, 0.15) is 22.9 Å². The summed E-state index contributed by atoms with van der Waals surface area (Å²) < 4.78 is 10.9. The van der Waals surface area contributed by atoms with Gasteiger partial charge in [-0.05, 0) is 51.8 Å². The number of para-hydroxylation sites is 1. The molecule has 3 N–H and O–H groups in total. The van der Waals surface area contributed by atoms with Gasteiger partial charge in [0.05, 0.1) is 13.7 Å². The molecule has 0 bridgehead atoms. The summed E-state index contributed by atoms with van der Waals surface area (Å²) in [7, 11) is 1.68. The minimum absolute atomic E-state index is 0. The van der Waals surface area contributed by atoms with Crippen molar-refractivity contribution in [2.75, 3.05) is 26.7 Å². The molecule has 6 nitrogen and oxygen atoms in total. The lowest BCUT2D eigenvalue weighted by Crippen LogP contribution is -2.39. The van der Waals surface area contributed by atoms with E-state index in [9.17, 15) is 5.11 Å². The second kappa shape index (κ2) is 11.3. The van der Waals surface area contributed by atoms with Crippen LogP contribution in [0, 0.1) is 13.8 Å². The number of rotatable bonds is 8. The molecule has 1 aromatic heterocycles. The van der Waals surface area contributed by atoms with Crippen LogP contribution in [-0.2, 0) is 12.0 Å². The highest BCUT2D eigenvalue weighted by atomic mass is 127. The van der Waals surface area contributed by atoms with E-state index in [0.717, 1.165) is 41.4 Å². The maximum Gasteiger partial charge on any atom is 0.191 e. The lowest BCUT2D eigenvalue weighted by molar-refractivity contribution is 0.0657. The average Bonchev–Trinajstić information content (AvgIpc) is 2.99. The zero-order valence-electron chi connectivity index (χ0n) is 17.3. The Morgan fingerprint density at radius 2 is 1.96 bits per heavy atom. The summed E-state index contributed by atoms with van der Waals surface area (Å²) in [5.41, 5.74) is 0.820. The second-order valence-corrected chi connectivity index (χ2v) is 6.78. The van der Waals surface area contributed by atoms with E-state index in [4.69, 9.17) is 9.15 Å². The van der Waals surface area contributed by atoms with Gasteiger partial charge in [-0.15, -0.1) is 24.0 Å². The molecule has 0 spiro atoms.